The van der Waals surface area contributed by atoms with Crippen LogP contribution >= 0.6 is 11.8 Å². The van der Waals surface area contributed by atoms with Gasteiger partial charge in [-0.2, -0.15) is 0 Å². The molecule has 3 aromatic rings. The van der Waals surface area contributed by atoms with Gasteiger partial charge in [0.2, 0.25) is 5.91 Å². The minimum atomic E-state index is -0.363. The van der Waals surface area contributed by atoms with E-state index < -0.39 is 0 Å². The molecule has 0 saturated heterocycles. The number of aromatic nitrogens is 4. The summed E-state index contributed by atoms with van der Waals surface area (Å²) in [6, 6.07) is 14.0. The highest BCUT2D eigenvalue weighted by molar-refractivity contribution is 7.98. The van der Waals surface area contributed by atoms with Crippen molar-refractivity contribution in [1.29, 1.82) is 0 Å². The number of carbonyl (C=O) groups is 1. The Hall–Kier alpha value is -2.67. The van der Waals surface area contributed by atoms with E-state index in [1.807, 2.05) is 60.3 Å². The average Bonchev–Trinajstić information content (AvgIpc) is 3.46. The monoisotopic (exact) mass is 379 g/mol. The van der Waals surface area contributed by atoms with E-state index in [4.69, 9.17) is 0 Å². The molecule has 4 rings (SSSR count). The van der Waals surface area contributed by atoms with Gasteiger partial charge in [-0.15, -0.1) is 10.2 Å². The predicted octanol–water partition coefficient (Wildman–Crippen LogP) is 2.85. The largest absolute Gasteiger partial charge is 0.348 e. The first-order valence-corrected chi connectivity index (χ1v) is 9.91. The second kappa shape index (κ2) is 7.52. The normalized spacial score (nSPS) is 14.7. The summed E-state index contributed by atoms with van der Waals surface area (Å²) in [5.41, 5.74) is 1.87. The lowest BCUT2D eigenvalue weighted by Gasteiger charge is -2.15. The van der Waals surface area contributed by atoms with E-state index in [9.17, 15) is 4.79 Å². The van der Waals surface area contributed by atoms with Crippen molar-refractivity contribution in [3.63, 3.8) is 0 Å². The molecule has 1 N–H and O–H groups in total. The van der Waals surface area contributed by atoms with Crippen LogP contribution in [0.25, 0.3) is 0 Å². The maximum atomic E-state index is 12.7. The van der Waals surface area contributed by atoms with E-state index in [0.29, 0.717) is 6.54 Å². The van der Waals surface area contributed by atoms with Gasteiger partial charge in [0.05, 0.1) is 12.0 Å². The number of pyridine rings is 1. The Kier molecular flexibility index (Phi) is 4.94. The van der Waals surface area contributed by atoms with Gasteiger partial charge in [0.15, 0.2) is 11.0 Å². The van der Waals surface area contributed by atoms with E-state index >= 15 is 0 Å². The number of benzene rings is 1. The van der Waals surface area contributed by atoms with Crippen LogP contribution in [0, 0.1) is 0 Å². The Morgan fingerprint density at radius 3 is 2.70 bits per heavy atom. The molecule has 7 heteroatoms. The van der Waals surface area contributed by atoms with Gasteiger partial charge in [-0.05, 0) is 30.0 Å². The third-order valence-corrected chi connectivity index (χ3v) is 6.03. The van der Waals surface area contributed by atoms with Crippen LogP contribution in [0.15, 0.2) is 60.0 Å². The summed E-state index contributed by atoms with van der Waals surface area (Å²) in [6.07, 6.45) is 5.41. The molecule has 2 heterocycles. The fourth-order valence-electron chi connectivity index (χ4n) is 3.11. The van der Waals surface area contributed by atoms with E-state index in [2.05, 4.69) is 20.5 Å². The van der Waals surface area contributed by atoms with Crippen LogP contribution in [0.1, 0.15) is 29.8 Å². The minimum absolute atomic E-state index is 0.0706. The summed E-state index contributed by atoms with van der Waals surface area (Å²) < 4.78 is 1.93. The zero-order valence-corrected chi connectivity index (χ0v) is 15.9. The van der Waals surface area contributed by atoms with Crippen LogP contribution in [0.5, 0.6) is 0 Å². The molecule has 1 aliphatic carbocycles. The summed E-state index contributed by atoms with van der Waals surface area (Å²) in [4.78, 5) is 16.9. The van der Waals surface area contributed by atoms with Gasteiger partial charge in [0.25, 0.3) is 0 Å². The first-order chi connectivity index (χ1) is 13.2. The summed E-state index contributed by atoms with van der Waals surface area (Å²) in [5, 5.41) is 12.4. The second-order valence-corrected chi connectivity index (χ2v) is 7.68. The standard InChI is InChI=1S/C20H21N5OS/c1-25-17(23-24-19(25)27-14-15-6-5-11-21-12-15)13-22-18(26)20(9-10-20)16-7-3-2-4-8-16/h2-8,11-12H,9-10,13-14H2,1H3,(H,22,26). The van der Waals surface area contributed by atoms with Crippen LogP contribution in [0.3, 0.4) is 0 Å². The smallest absolute Gasteiger partial charge is 0.231 e. The highest BCUT2D eigenvalue weighted by atomic mass is 32.2. The van der Waals surface area contributed by atoms with Crippen molar-refractivity contribution in [1.82, 2.24) is 25.1 Å². The van der Waals surface area contributed by atoms with Gasteiger partial charge in [0, 0.05) is 25.2 Å². The predicted molar refractivity (Wildman–Crippen MR) is 104 cm³/mol. The lowest BCUT2D eigenvalue weighted by molar-refractivity contribution is -0.123. The number of hydrogen-bond donors (Lipinski definition) is 1. The Bertz CT molecular complexity index is 922. The maximum Gasteiger partial charge on any atom is 0.231 e. The SMILES string of the molecule is Cn1c(CNC(=O)C2(c3ccccc3)CC2)nnc1SCc1cccnc1. The zero-order valence-electron chi connectivity index (χ0n) is 15.1. The van der Waals surface area contributed by atoms with Crippen LogP contribution in [0.4, 0.5) is 0 Å². The third-order valence-electron chi connectivity index (χ3n) is 4.93. The third kappa shape index (κ3) is 3.73. The van der Waals surface area contributed by atoms with Crippen molar-refractivity contribution in [3.05, 3.63) is 71.8 Å². The van der Waals surface area contributed by atoms with Crippen molar-refractivity contribution < 1.29 is 4.79 Å². The Morgan fingerprint density at radius 2 is 2.00 bits per heavy atom. The van der Waals surface area contributed by atoms with Crippen LogP contribution in [0.2, 0.25) is 0 Å². The molecule has 1 fully saturated rings. The van der Waals surface area contributed by atoms with Crippen molar-refractivity contribution in [3.8, 4) is 0 Å². The van der Waals surface area contributed by atoms with E-state index in [1.165, 1.54) is 0 Å². The highest BCUT2D eigenvalue weighted by Gasteiger charge is 2.51. The molecule has 1 saturated carbocycles. The quantitative estimate of drug-likeness (QED) is 0.639. The van der Waals surface area contributed by atoms with Gasteiger partial charge in [0.1, 0.15) is 0 Å². The first kappa shape index (κ1) is 17.7. The topological polar surface area (TPSA) is 72.7 Å². The van der Waals surface area contributed by atoms with Crippen molar-refractivity contribution >= 4 is 17.7 Å². The molecule has 1 aromatic carbocycles. The number of nitrogens with one attached hydrogen (secondary N) is 1. The second-order valence-electron chi connectivity index (χ2n) is 6.74. The fourth-order valence-corrected chi connectivity index (χ4v) is 3.98. The number of rotatable bonds is 7. The van der Waals surface area contributed by atoms with Gasteiger partial charge in [-0.1, -0.05) is 48.2 Å². The van der Waals surface area contributed by atoms with Gasteiger partial charge in [-0.3, -0.25) is 9.78 Å². The Morgan fingerprint density at radius 1 is 1.19 bits per heavy atom. The number of thioether (sulfide) groups is 1. The van der Waals surface area contributed by atoms with Gasteiger partial charge in [-0.25, -0.2) is 0 Å². The lowest BCUT2D eigenvalue weighted by atomic mass is 9.95. The summed E-state index contributed by atoms with van der Waals surface area (Å²) >= 11 is 1.61. The molecule has 2 aromatic heterocycles. The Labute approximate surface area is 162 Å². The maximum absolute atomic E-state index is 12.7. The first-order valence-electron chi connectivity index (χ1n) is 8.93. The van der Waals surface area contributed by atoms with Crippen LogP contribution in [-0.4, -0.2) is 25.7 Å². The van der Waals surface area contributed by atoms with Crippen LogP contribution < -0.4 is 5.32 Å². The molecule has 0 atom stereocenters. The molecule has 0 radical (unpaired) electrons. The number of hydrogen-bond acceptors (Lipinski definition) is 5. The molecule has 6 nitrogen and oxygen atoms in total. The number of carbonyl (C=O) groups excluding carboxylic acids is 1. The van der Waals surface area contributed by atoms with Gasteiger partial charge < -0.3 is 9.88 Å². The molecule has 138 valence electrons. The van der Waals surface area contributed by atoms with Crippen molar-refractivity contribution in [2.45, 2.75) is 35.7 Å². The molecule has 0 unspecified atom stereocenters. The molecular formula is C20H21N5OS. The zero-order chi connectivity index (χ0) is 18.7. The van der Waals surface area contributed by atoms with E-state index in [0.717, 1.165) is 40.7 Å². The molecule has 0 bridgehead atoms. The average molecular weight is 379 g/mol. The van der Waals surface area contributed by atoms with Crippen molar-refractivity contribution in [2.75, 3.05) is 0 Å². The lowest BCUT2D eigenvalue weighted by Crippen LogP contribution is -2.34. The summed E-state index contributed by atoms with van der Waals surface area (Å²) in [5.74, 6) is 1.60. The van der Waals surface area contributed by atoms with Crippen molar-refractivity contribution in [2.24, 2.45) is 7.05 Å². The fraction of sp³-hybridized carbons (Fsp3) is 0.300. The summed E-state index contributed by atoms with van der Waals surface area (Å²) in [7, 11) is 1.93. The molecule has 0 spiro atoms. The Balaban J connectivity index is 1.36. The molecule has 1 aliphatic rings. The summed E-state index contributed by atoms with van der Waals surface area (Å²) in [6.45, 7) is 0.379. The number of nitrogens with zero attached hydrogens (tertiary/aromatic N) is 4. The molecule has 1 amide bonds. The van der Waals surface area contributed by atoms with E-state index in [-0.39, 0.29) is 11.3 Å². The molecule has 0 aliphatic heterocycles. The van der Waals surface area contributed by atoms with Crippen LogP contribution in [-0.2, 0) is 29.6 Å². The number of amides is 1. The molecule has 27 heavy (non-hydrogen) atoms. The minimum Gasteiger partial charge on any atom is -0.348 e. The highest BCUT2D eigenvalue weighted by Crippen LogP contribution is 2.48. The molecular weight excluding hydrogens is 358 g/mol. The van der Waals surface area contributed by atoms with E-state index in [1.54, 1.807) is 18.0 Å². The van der Waals surface area contributed by atoms with Gasteiger partial charge >= 0.3 is 0 Å².